The number of benzene rings is 2. The minimum absolute atomic E-state index is 0.701. The fraction of sp³-hybridized carbons (Fsp3) is 0.125. The molecule has 3 nitrogen and oxygen atoms in total. The first-order chi connectivity index (χ1) is 9.35. The lowest BCUT2D eigenvalue weighted by molar-refractivity contribution is 0.358. The molecule has 0 aliphatic carbocycles. The second-order valence-corrected chi connectivity index (χ2v) is 4.19. The van der Waals surface area contributed by atoms with E-state index < -0.39 is 0 Å². The van der Waals surface area contributed by atoms with Crippen molar-refractivity contribution in [3.8, 4) is 22.6 Å². The van der Waals surface area contributed by atoms with E-state index in [9.17, 15) is 0 Å². The minimum atomic E-state index is 0.701. The van der Waals surface area contributed by atoms with Gasteiger partial charge in [0, 0.05) is 5.56 Å². The molecule has 0 aliphatic rings. The van der Waals surface area contributed by atoms with Crippen LogP contribution in [0.15, 0.2) is 53.1 Å². The van der Waals surface area contributed by atoms with Crippen LogP contribution in [-0.4, -0.2) is 14.2 Å². The van der Waals surface area contributed by atoms with Crippen molar-refractivity contribution in [1.82, 2.24) is 0 Å². The Morgan fingerprint density at radius 2 is 1.68 bits per heavy atom. The van der Waals surface area contributed by atoms with Gasteiger partial charge in [0.15, 0.2) is 11.5 Å². The summed E-state index contributed by atoms with van der Waals surface area (Å²) in [5.41, 5.74) is 2.88. The number of rotatable bonds is 3. The summed E-state index contributed by atoms with van der Waals surface area (Å²) in [6, 6.07) is 13.8. The summed E-state index contributed by atoms with van der Waals surface area (Å²) in [5, 5.41) is 0.938. The standard InChI is InChI=1S/C16H14O3/c1-17-14-9-8-13-15(16(14)18-2)12(10-19-13)11-6-4-3-5-7-11/h3-10H,1-2H3. The molecule has 0 aliphatic heterocycles. The van der Waals surface area contributed by atoms with Crippen LogP contribution >= 0.6 is 0 Å². The molecule has 1 aromatic heterocycles. The largest absolute Gasteiger partial charge is 0.493 e. The second kappa shape index (κ2) is 4.69. The fourth-order valence-corrected chi connectivity index (χ4v) is 2.27. The van der Waals surface area contributed by atoms with Crippen LogP contribution in [0, 0.1) is 0 Å². The summed E-state index contributed by atoms with van der Waals surface area (Å²) in [7, 11) is 3.27. The normalized spacial score (nSPS) is 10.6. The average molecular weight is 254 g/mol. The Kier molecular flexibility index (Phi) is 2.88. The maximum absolute atomic E-state index is 5.61. The van der Waals surface area contributed by atoms with Gasteiger partial charge in [-0.05, 0) is 17.7 Å². The molecule has 0 amide bonds. The predicted octanol–water partition coefficient (Wildman–Crippen LogP) is 4.12. The topological polar surface area (TPSA) is 31.6 Å². The van der Waals surface area contributed by atoms with Gasteiger partial charge in [0.05, 0.1) is 25.9 Å². The van der Waals surface area contributed by atoms with Crippen LogP contribution in [-0.2, 0) is 0 Å². The molecule has 0 saturated heterocycles. The van der Waals surface area contributed by atoms with Gasteiger partial charge in [-0.2, -0.15) is 0 Å². The fourth-order valence-electron chi connectivity index (χ4n) is 2.27. The first-order valence-corrected chi connectivity index (χ1v) is 6.02. The average Bonchev–Trinajstić information content (AvgIpc) is 2.91. The molecule has 19 heavy (non-hydrogen) atoms. The van der Waals surface area contributed by atoms with Crippen LogP contribution in [0.1, 0.15) is 0 Å². The SMILES string of the molecule is COc1ccc2occ(-c3ccccc3)c2c1OC. The number of fused-ring (bicyclic) bond motifs is 1. The van der Waals surface area contributed by atoms with Crippen molar-refractivity contribution in [3.05, 3.63) is 48.7 Å². The Morgan fingerprint density at radius 3 is 2.37 bits per heavy atom. The molecule has 3 aromatic rings. The van der Waals surface area contributed by atoms with Gasteiger partial charge in [-0.25, -0.2) is 0 Å². The van der Waals surface area contributed by atoms with Gasteiger partial charge >= 0.3 is 0 Å². The van der Waals surface area contributed by atoms with Crippen molar-refractivity contribution >= 4 is 11.0 Å². The molecule has 0 N–H and O–H groups in total. The van der Waals surface area contributed by atoms with Crippen molar-refractivity contribution in [1.29, 1.82) is 0 Å². The van der Waals surface area contributed by atoms with Crippen molar-refractivity contribution in [2.45, 2.75) is 0 Å². The van der Waals surface area contributed by atoms with Crippen LogP contribution in [0.25, 0.3) is 22.1 Å². The number of methoxy groups -OCH3 is 2. The molecular formula is C16H14O3. The zero-order chi connectivity index (χ0) is 13.2. The van der Waals surface area contributed by atoms with E-state index in [0.717, 1.165) is 22.1 Å². The van der Waals surface area contributed by atoms with E-state index in [1.807, 2.05) is 42.5 Å². The zero-order valence-electron chi connectivity index (χ0n) is 10.8. The number of hydrogen-bond acceptors (Lipinski definition) is 3. The minimum Gasteiger partial charge on any atom is -0.493 e. The second-order valence-electron chi connectivity index (χ2n) is 4.19. The van der Waals surface area contributed by atoms with Gasteiger partial charge in [-0.1, -0.05) is 30.3 Å². The van der Waals surface area contributed by atoms with Crippen LogP contribution in [0.3, 0.4) is 0 Å². The van der Waals surface area contributed by atoms with E-state index in [1.54, 1.807) is 20.5 Å². The van der Waals surface area contributed by atoms with E-state index >= 15 is 0 Å². The zero-order valence-corrected chi connectivity index (χ0v) is 10.8. The summed E-state index contributed by atoms with van der Waals surface area (Å²) in [6.07, 6.45) is 1.75. The van der Waals surface area contributed by atoms with E-state index in [1.165, 1.54) is 0 Å². The molecular weight excluding hydrogens is 240 g/mol. The third kappa shape index (κ3) is 1.83. The molecule has 3 rings (SSSR count). The van der Waals surface area contributed by atoms with E-state index in [-0.39, 0.29) is 0 Å². The Labute approximate surface area is 111 Å². The van der Waals surface area contributed by atoms with Crippen LogP contribution < -0.4 is 9.47 Å². The Balaban J connectivity index is 2.32. The van der Waals surface area contributed by atoms with Crippen LogP contribution in [0.5, 0.6) is 11.5 Å². The lowest BCUT2D eigenvalue weighted by atomic mass is 10.0. The highest BCUT2D eigenvalue weighted by Gasteiger charge is 2.16. The van der Waals surface area contributed by atoms with E-state index in [2.05, 4.69) is 0 Å². The molecule has 1 heterocycles. The number of furan rings is 1. The predicted molar refractivity (Wildman–Crippen MR) is 74.8 cm³/mol. The van der Waals surface area contributed by atoms with Gasteiger partial charge in [0.2, 0.25) is 0 Å². The molecule has 0 atom stereocenters. The van der Waals surface area contributed by atoms with Gasteiger partial charge < -0.3 is 13.9 Å². The lowest BCUT2D eigenvalue weighted by Crippen LogP contribution is -1.91. The van der Waals surface area contributed by atoms with E-state index in [0.29, 0.717) is 11.5 Å². The Morgan fingerprint density at radius 1 is 0.895 bits per heavy atom. The molecule has 3 heteroatoms. The lowest BCUT2D eigenvalue weighted by Gasteiger charge is -2.09. The quantitative estimate of drug-likeness (QED) is 0.704. The highest BCUT2D eigenvalue weighted by atomic mass is 16.5. The molecule has 0 fully saturated rings. The maximum Gasteiger partial charge on any atom is 0.172 e. The van der Waals surface area contributed by atoms with Gasteiger partial charge in [-0.3, -0.25) is 0 Å². The first-order valence-electron chi connectivity index (χ1n) is 6.02. The highest BCUT2D eigenvalue weighted by molar-refractivity contribution is 6.00. The van der Waals surface area contributed by atoms with Gasteiger partial charge in [-0.15, -0.1) is 0 Å². The summed E-state index contributed by atoms with van der Waals surface area (Å²) in [5.74, 6) is 1.40. The Bertz CT molecular complexity index is 699. The highest BCUT2D eigenvalue weighted by Crippen LogP contribution is 2.42. The maximum atomic E-state index is 5.61. The smallest absolute Gasteiger partial charge is 0.172 e. The molecule has 0 bridgehead atoms. The molecule has 0 saturated carbocycles. The molecule has 0 radical (unpaired) electrons. The van der Waals surface area contributed by atoms with Gasteiger partial charge in [0.1, 0.15) is 5.58 Å². The summed E-state index contributed by atoms with van der Waals surface area (Å²) in [4.78, 5) is 0. The summed E-state index contributed by atoms with van der Waals surface area (Å²) >= 11 is 0. The van der Waals surface area contributed by atoms with Crippen molar-refractivity contribution in [2.75, 3.05) is 14.2 Å². The van der Waals surface area contributed by atoms with Crippen molar-refractivity contribution in [2.24, 2.45) is 0 Å². The first kappa shape index (κ1) is 11.7. The monoisotopic (exact) mass is 254 g/mol. The molecule has 0 unspecified atom stereocenters. The molecule has 0 spiro atoms. The van der Waals surface area contributed by atoms with Gasteiger partial charge in [0.25, 0.3) is 0 Å². The van der Waals surface area contributed by atoms with Crippen LogP contribution in [0.2, 0.25) is 0 Å². The molecule has 2 aromatic carbocycles. The summed E-state index contributed by atoms with van der Waals surface area (Å²) < 4.78 is 16.4. The van der Waals surface area contributed by atoms with Crippen molar-refractivity contribution in [3.63, 3.8) is 0 Å². The Hall–Kier alpha value is -2.42. The third-order valence-corrected chi connectivity index (χ3v) is 3.17. The number of ether oxygens (including phenoxy) is 2. The summed E-state index contributed by atoms with van der Waals surface area (Å²) in [6.45, 7) is 0. The van der Waals surface area contributed by atoms with Crippen molar-refractivity contribution < 1.29 is 13.9 Å². The molecule has 96 valence electrons. The third-order valence-electron chi connectivity index (χ3n) is 3.17. The number of hydrogen-bond donors (Lipinski definition) is 0. The van der Waals surface area contributed by atoms with E-state index in [4.69, 9.17) is 13.9 Å². The van der Waals surface area contributed by atoms with Crippen LogP contribution in [0.4, 0.5) is 0 Å².